The largest absolute Gasteiger partial charge is 0.466 e. The van der Waals surface area contributed by atoms with E-state index in [4.69, 9.17) is 9.47 Å². The standard InChI is InChI=1S/C13H27NO3/c1-6-13(11-16-5,14(7-2)8-3)10-12(15)17-9-4/h6-11H2,1-5H3. The summed E-state index contributed by atoms with van der Waals surface area (Å²) in [5.74, 6) is -0.140. The van der Waals surface area contributed by atoms with Gasteiger partial charge in [-0.2, -0.15) is 0 Å². The molecule has 0 aromatic carbocycles. The van der Waals surface area contributed by atoms with Gasteiger partial charge in [0.2, 0.25) is 0 Å². The minimum Gasteiger partial charge on any atom is -0.466 e. The molecular weight excluding hydrogens is 218 g/mol. The Morgan fingerprint density at radius 2 is 1.76 bits per heavy atom. The smallest absolute Gasteiger partial charge is 0.307 e. The van der Waals surface area contributed by atoms with E-state index in [0.29, 0.717) is 19.6 Å². The summed E-state index contributed by atoms with van der Waals surface area (Å²) in [5, 5.41) is 0. The van der Waals surface area contributed by atoms with Crippen molar-refractivity contribution in [1.29, 1.82) is 0 Å². The summed E-state index contributed by atoms with van der Waals surface area (Å²) in [6.07, 6.45) is 1.27. The second kappa shape index (κ2) is 8.48. The fourth-order valence-electron chi connectivity index (χ4n) is 2.35. The normalized spacial score (nSPS) is 14.7. The van der Waals surface area contributed by atoms with Crippen molar-refractivity contribution >= 4 is 5.97 Å². The number of hydrogen-bond acceptors (Lipinski definition) is 4. The number of likely N-dealkylation sites (N-methyl/N-ethyl adjacent to an activating group) is 1. The molecule has 0 aromatic heterocycles. The van der Waals surface area contributed by atoms with Gasteiger partial charge in [0, 0.05) is 7.11 Å². The molecule has 4 nitrogen and oxygen atoms in total. The van der Waals surface area contributed by atoms with Crippen molar-refractivity contribution in [2.45, 2.75) is 46.1 Å². The lowest BCUT2D eigenvalue weighted by Crippen LogP contribution is -2.53. The number of hydrogen-bond donors (Lipinski definition) is 0. The molecule has 0 saturated carbocycles. The van der Waals surface area contributed by atoms with Crippen LogP contribution in [-0.2, 0) is 14.3 Å². The predicted molar refractivity (Wildman–Crippen MR) is 69.1 cm³/mol. The topological polar surface area (TPSA) is 38.8 Å². The Balaban J connectivity index is 4.85. The third-order valence-electron chi connectivity index (χ3n) is 3.28. The molecule has 0 heterocycles. The fraction of sp³-hybridized carbons (Fsp3) is 0.923. The van der Waals surface area contributed by atoms with Crippen LogP contribution in [0.2, 0.25) is 0 Å². The number of carbonyl (C=O) groups is 1. The molecule has 102 valence electrons. The van der Waals surface area contributed by atoms with E-state index >= 15 is 0 Å². The average Bonchev–Trinajstić information content (AvgIpc) is 2.30. The SMILES string of the molecule is CCOC(=O)CC(CC)(COC)N(CC)CC. The first-order valence-electron chi connectivity index (χ1n) is 6.49. The molecule has 0 rings (SSSR count). The van der Waals surface area contributed by atoms with E-state index in [1.54, 1.807) is 7.11 Å². The van der Waals surface area contributed by atoms with Crippen LogP contribution in [-0.4, -0.2) is 49.8 Å². The molecule has 0 bridgehead atoms. The third-order valence-corrected chi connectivity index (χ3v) is 3.28. The van der Waals surface area contributed by atoms with Gasteiger partial charge in [-0.1, -0.05) is 20.8 Å². The zero-order chi connectivity index (χ0) is 13.3. The molecule has 0 aliphatic carbocycles. The van der Waals surface area contributed by atoms with Gasteiger partial charge in [0.15, 0.2) is 0 Å². The minimum absolute atomic E-state index is 0.140. The first-order valence-corrected chi connectivity index (χ1v) is 6.49. The highest BCUT2D eigenvalue weighted by Gasteiger charge is 2.36. The van der Waals surface area contributed by atoms with Crippen molar-refractivity contribution in [3.63, 3.8) is 0 Å². The lowest BCUT2D eigenvalue weighted by molar-refractivity contribution is -0.148. The molecule has 0 saturated heterocycles. The van der Waals surface area contributed by atoms with E-state index in [1.807, 2.05) is 6.92 Å². The lowest BCUT2D eigenvalue weighted by Gasteiger charge is -2.41. The molecule has 0 N–H and O–H groups in total. The number of rotatable bonds is 9. The Bertz CT molecular complexity index is 217. The maximum atomic E-state index is 11.7. The van der Waals surface area contributed by atoms with E-state index in [1.165, 1.54) is 0 Å². The zero-order valence-electron chi connectivity index (χ0n) is 11.9. The van der Waals surface area contributed by atoms with Crippen LogP contribution in [0, 0.1) is 0 Å². The van der Waals surface area contributed by atoms with Gasteiger partial charge in [-0.3, -0.25) is 9.69 Å². The minimum atomic E-state index is -0.232. The highest BCUT2D eigenvalue weighted by Crippen LogP contribution is 2.25. The molecule has 0 aliphatic rings. The van der Waals surface area contributed by atoms with Crippen LogP contribution in [0.15, 0.2) is 0 Å². The van der Waals surface area contributed by atoms with Gasteiger partial charge in [0.1, 0.15) is 0 Å². The van der Waals surface area contributed by atoms with E-state index in [9.17, 15) is 4.79 Å². The predicted octanol–water partition coefficient (Wildman–Crippen LogP) is 2.08. The van der Waals surface area contributed by atoms with E-state index < -0.39 is 0 Å². The molecular formula is C13H27NO3. The molecule has 0 aromatic rings. The quantitative estimate of drug-likeness (QED) is 0.583. The zero-order valence-corrected chi connectivity index (χ0v) is 11.9. The van der Waals surface area contributed by atoms with E-state index in [2.05, 4.69) is 25.7 Å². The van der Waals surface area contributed by atoms with Crippen molar-refractivity contribution in [2.75, 3.05) is 33.4 Å². The van der Waals surface area contributed by atoms with Gasteiger partial charge in [-0.15, -0.1) is 0 Å². The highest BCUT2D eigenvalue weighted by molar-refractivity contribution is 5.71. The summed E-state index contributed by atoms with van der Waals surface area (Å²) in [4.78, 5) is 14.0. The van der Waals surface area contributed by atoms with Crippen molar-refractivity contribution < 1.29 is 14.3 Å². The maximum Gasteiger partial charge on any atom is 0.307 e. The van der Waals surface area contributed by atoms with Crippen molar-refractivity contribution in [3.8, 4) is 0 Å². The van der Waals surface area contributed by atoms with Crippen molar-refractivity contribution in [2.24, 2.45) is 0 Å². The van der Waals surface area contributed by atoms with Crippen LogP contribution in [0.5, 0.6) is 0 Å². The Kier molecular flexibility index (Phi) is 8.17. The third kappa shape index (κ3) is 4.64. The number of carbonyl (C=O) groups excluding carboxylic acids is 1. The average molecular weight is 245 g/mol. The molecule has 4 heteroatoms. The van der Waals surface area contributed by atoms with Crippen molar-refractivity contribution in [3.05, 3.63) is 0 Å². The summed E-state index contributed by atoms with van der Waals surface area (Å²) < 4.78 is 10.4. The van der Waals surface area contributed by atoms with Crippen LogP contribution in [0.1, 0.15) is 40.5 Å². The second-order valence-corrected chi connectivity index (χ2v) is 4.16. The lowest BCUT2D eigenvalue weighted by atomic mass is 9.90. The summed E-state index contributed by atoms with van der Waals surface area (Å²) in [5.41, 5.74) is -0.232. The van der Waals surface area contributed by atoms with Gasteiger partial charge in [-0.05, 0) is 26.4 Å². The Morgan fingerprint density at radius 3 is 2.12 bits per heavy atom. The summed E-state index contributed by atoms with van der Waals surface area (Å²) in [6, 6.07) is 0. The number of esters is 1. The number of methoxy groups -OCH3 is 1. The van der Waals surface area contributed by atoms with Gasteiger partial charge < -0.3 is 9.47 Å². The fourth-order valence-corrected chi connectivity index (χ4v) is 2.35. The van der Waals surface area contributed by atoms with Gasteiger partial charge in [0.05, 0.1) is 25.2 Å². The molecule has 1 atom stereocenters. The van der Waals surface area contributed by atoms with E-state index in [-0.39, 0.29) is 11.5 Å². The number of nitrogens with zero attached hydrogens (tertiary/aromatic N) is 1. The highest BCUT2D eigenvalue weighted by atomic mass is 16.5. The molecule has 1 unspecified atom stereocenters. The van der Waals surface area contributed by atoms with Crippen LogP contribution in [0.25, 0.3) is 0 Å². The molecule has 0 radical (unpaired) electrons. The Morgan fingerprint density at radius 1 is 1.18 bits per heavy atom. The molecule has 0 aliphatic heterocycles. The Labute approximate surface area is 105 Å². The van der Waals surface area contributed by atoms with Gasteiger partial charge >= 0.3 is 5.97 Å². The Hall–Kier alpha value is -0.610. The van der Waals surface area contributed by atoms with Crippen LogP contribution >= 0.6 is 0 Å². The first kappa shape index (κ1) is 16.4. The van der Waals surface area contributed by atoms with Gasteiger partial charge in [0.25, 0.3) is 0 Å². The molecule has 17 heavy (non-hydrogen) atoms. The summed E-state index contributed by atoms with van der Waals surface area (Å²) in [7, 11) is 1.68. The monoisotopic (exact) mass is 245 g/mol. The second-order valence-electron chi connectivity index (χ2n) is 4.16. The first-order chi connectivity index (χ1) is 8.10. The van der Waals surface area contributed by atoms with Gasteiger partial charge in [-0.25, -0.2) is 0 Å². The summed E-state index contributed by atoms with van der Waals surface area (Å²) >= 11 is 0. The van der Waals surface area contributed by atoms with Crippen molar-refractivity contribution in [1.82, 2.24) is 4.90 Å². The van der Waals surface area contributed by atoms with E-state index in [0.717, 1.165) is 19.5 Å². The summed E-state index contributed by atoms with van der Waals surface area (Å²) in [6.45, 7) is 11.0. The van der Waals surface area contributed by atoms with Crippen LogP contribution < -0.4 is 0 Å². The molecule has 0 amide bonds. The van der Waals surface area contributed by atoms with Crippen LogP contribution in [0.3, 0.4) is 0 Å². The number of ether oxygens (including phenoxy) is 2. The molecule has 0 spiro atoms. The maximum absolute atomic E-state index is 11.7. The molecule has 0 fully saturated rings. The van der Waals surface area contributed by atoms with Crippen LogP contribution in [0.4, 0.5) is 0 Å².